The molecule has 1 amide bonds. The van der Waals surface area contributed by atoms with Crippen molar-refractivity contribution in [3.8, 4) is 11.1 Å². The molecule has 0 heterocycles. The minimum absolute atomic E-state index is 0.414. The fraction of sp³-hybridized carbons (Fsp3) is 0.0909. The molecule has 3 rings (SSSR count). The zero-order valence-electron chi connectivity index (χ0n) is 14.5. The highest BCUT2D eigenvalue weighted by atomic mass is 16.5. The number of hydrogen-bond acceptors (Lipinski definition) is 4. The van der Waals surface area contributed by atoms with Crippen LogP contribution in [0.1, 0.15) is 11.7 Å². The van der Waals surface area contributed by atoms with Crippen LogP contribution in [0.3, 0.4) is 0 Å². The summed E-state index contributed by atoms with van der Waals surface area (Å²) in [4.78, 5) is 24.1. The van der Waals surface area contributed by atoms with Crippen molar-refractivity contribution < 1.29 is 19.4 Å². The third-order valence-corrected chi connectivity index (χ3v) is 3.97. The predicted molar refractivity (Wildman–Crippen MR) is 103 cm³/mol. The lowest BCUT2D eigenvalue weighted by molar-refractivity contribution is -0.156. The first-order valence-electron chi connectivity index (χ1n) is 8.49. The molecule has 0 spiro atoms. The summed E-state index contributed by atoms with van der Waals surface area (Å²) in [7, 11) is 0. The van der Waals surface area contributed by atoms with Crippen molar-refractivity contribution in [2.75, 3.05) is 11.9 Å². The molecule has 27 heavy (non-hydrogen) atoms. The van der Waals surface area contributed by atoms with Crippen LogP contribution in [0.2, 0.25) is 0 Å². The van der Waals surface area contributed by atoms with Crippen molar-refractivity contribution in [2.45, 2.75) is 6.10 Å². The molecule has 0 aliphatic carbocycles. The standard InChI is InChI=1S/C22H19NO4/c24-20(15-27-22(26)21(25)17-11-5-2-6-12-17)23-19-14-8-7-13-18(19)16-9-3-1-4-10-16/h1-14,21,25H,15H2,(H,23,24)/t21-/m0/s1. The molecule has 0 radical (unpaired) electrons. The van der Waals surface area contributed by atoms with E-state index in [2.05, 4.69) is 5.32 Å². The van der Waals surface area contributed by atoms with Crippen LogP contribution in [0.15, 0.2) is 84.9 Å². The molecule has 1 atom stereocenters. The fourth-order valence-corrected chi connectivity index (χ4v) is 2.63. The number of para-hydroxylation sites is 1. The second-order valence-corrected chi connectivity index (χ2v) is 5.88. The second-order valence-electron chi connectivity index (χ2n) is 5.88. The summed E-state index contributed by atoms with van der Waals surface area (Å²) in [5.74, 6) is -1.35. The van der Waals surface area contributed by atoms with Crippen molar-refractivity contribution >= 4 is 17.6 Å². The van der Waals surface area contributed by atoms with E-state index in [0.717, 1.165) is 11.1 Å². The van der Waals surface area contributed by atoms with Crippen LogP contribution in [-0.4, -0.2) is 23.6 Å². The van der Waals surface area contributed by atoms with Gasteiger partial charge in [0.2, 0.25) is 0 Å². The van der Waals surface area contributed by atoms with Crippen LogP contribution >= 0.6 is 0 Å². The normalized spacial score (nSPS) is 11.4. The van der Waals surface area contributed by atoms with Crippen LogP contribution < -0.4 is 5.32 Å². The summed E-state index contributed by atoms with van der Waals surface area (Å²) in [5.41, 5.74) is 2.86. The molecule has 0 unspecified atom stereocenters. The van der Waals surface area contributed by atoms with Gasteiger partial charge in [-0.05, 0) is 17.2 Å². The molecular weight excluding hydrogens is 342 g/mol. The Labute approximate surface area is 157 Å². The van der Waals surface area contributed by atoms with E-state index in [1.165, 1.54) is 0 Å². The van der Waals surface area contributed by atoms with Gasteiger partial charge in [-0.3, -0.25) is 4.79 Å². The van der Waals surface area contributed by atoms with Gasteiger partial charge in [0, 0.05) is 11.3 Å². The topological polar surface area (TPSA) is 75.6 Å². The van der Waals surface area contributed by atoms with Crippen molar-refractivity contribution in [3.05, 3.63) is 90.5 Å². The lowest BCUT2D eigenvalue weighted by atomic mass is 10.0. The number of carbonyl (C=O) groups excluding carboxylic acids is 2. The van der Waals surface area contributed by atoms with E-state index in [9.17, 15) is 14.7 Å². The summed E-state index contributed by atoms with van der Waals surface area (Å²) in [6.45, 7) is -0.480. The molecule has 3 aromatic carbocycles. The molecule has 0 bridgehead atoms. The largest absolute Gasteiger partial charge is 0.453 e. The van der Waals surface area contributed by atoms with Gasteiger partial charge in [-0.15, -0.1) is 0 Å². The van der Waals surface area contributed by atoms with Crippen LogP contribution in [-0.2, 0) is 14.3 Å². The van der Waals surface area contributed by atoms with E-state index in [1.807, 2.05) is 48.5 Å². The number of carbonyl (C=O) groups is 2. The van der Waals surface area contributed by atoms with Crippen molar-refractivity contribution in [3.63, 3.8) is 0 Å². The molecule has 0 aliphatic rings. The number of rotatable bonds is 6. The number of nitrogens with one attached hydrogen (secondary N) is 1. The summed E-state index contributed by atoms with van der Waals surface area (Å²) >= 11 is 0. The van der Waals surface area contributed by atoms with Gasteiger partial charge in [-0.2, -0.15) is 0 Å². The number of anilines is 1. The number of benzene rings is 3. The molecule has 136 valence electrons. The number of esters is 1. The minimum atomic E-state index is -1.42. The quantitative estimate of drug-likeness (QED) is 0.658. The lowest BCUT2D eigenvalue weighted by Crippen LogP contribution is -2.24. The molecule has 0 saturated heterocycles. The zero-order chi connectivity index (χ0) is 19.1. The Bertz CT molecular complexity index is 910. The molecule has 5 nitrogen and oxygen atoms in total. The van der Waals surface area contributed by atoms with Gasteiger partial charge < -0.3 is 15.2 Å². The maximum Gasteiger partial charge on any atom is 0.340 e. The Kier molecular flexibility index (Phi) is 5.97. The van der Waals surface area contributed by atoms with Crippen molar-refractivity contribution in [2.24, 2.45) is 0 Å². The SMILES string of the molecule is O=C(COC(=O)[C@@H](O)c1ccccc1)Nc1ccccc1-c1ccccc1. The van der Waals surface area contributed by atoms with Gasteiger partial charge in [-0.25, -0.2) is 4.79 Å². The van der Waals surface area contributed by atoms with Gasteiger partial charge in [0.05, 0.1) is 0 Å². The van der Waals surface area contributed by atoms with Gasteiger partial charge in [0.1, 0.15) is 0 Å². The van der Waals surface area contributed by atoms with Crippen LogP contribution in [0.4, 0.5) is 5.69 Å². The average Bonchev–Trinajstić information content (AvgIpc) is 2.73. The number of ether oxygens (including phenoxy) is 1. The highest BCUT2D eigenvalue weighted by Crippen LogP contribution is 2.27. The van der Waals surface area contributed by atoms with E-state index in [4.69, 9.17) is 4.74 Å². The summed E-state index contributed by atoms with van der Waals surface area (Å²) in [5, 5.41) is 12.7. The molecule has 0 aromatic heterocycles. The Hall–Kier alpha value is -3.44. The molecule has 0 fully saturated rings. The highest BCUT2D eigenvalue weighted by molar-refractivity contribution is 5.97. The first kappa shape index (κ1) is 18.4. The Morgan fingerprint density at radius 3 is 2.15 bits per heavy atom. The van der Waals surface area contributed by atoms with Gasteiger partial charge in [-0.1, -0.05) is 78.9 Å². The molecule has 0 aliphatic heterocycles. The predicted octanol–water partition coefficient (Wildman–Crippen LogP) is 3.57. The van der Waals surface area contributed by atoms with Crippen molar-refractivity contribution in [1.82, 2.24) is 0 Å². The minimum Gasteiger partial charge on any atom is -0.453 e. The van der Waals surface area contributed by atoms with Gasteiger partial charge >= 0.3 is 5.97 Å². The van der Waals surface area contributed by atoms with Gasteiger partial charge in [0.25, 0.3) is 5.91 Å². The zero-order valence-corrected chi connectivity index (χ0v) is 14.5. The van der Waals surface area contributed by atoms with Gasteiger partial charge in [0.15, 0.2) is 12.7 Å². The second kappa shape index (κ2) is 8.78. The molecule has 3 aromatic rings. The molecular formula is C22H19NO4. The molecule has 2 N–H and O–H groups in total. The smallest absolute Gasteiger partial charge is 0.340 e. The Morgan fingerprint density at radius 1 is 0.852 bits per heavy atom. The number of aliphatic hydroxyl groups excluding tert-OH is 1. The molecule has 5 heteroatoms. The highest BCUT2D eigenvalue weighted by Gasteiger charge is 2.20. The summed E-state index contributed by atoms with van der Waals surface area (Å²) in [6, 6.07) is 25.4. The summed E-state index contributed by atoms with van der Waals surface area (Å²) in [6.07, 6.45) is -1.42. The third-order valence-electron chi connectivity index (χ3n) is 3.97. The van der Waals surface area contributed by atoms with Crippen LogP contribution in [0, 0.1) is 0 Å². The van der Waals surface area contributed by atoms with Crippen LogP contribution in [0.5, 0.6) is 0 Å². The van der Waals surface area contributed by atoms with E-state index in [-0.39, 0.29) is 0 Å². The number of aliphatic hydroxyl groups is 1. The Balaban J connectivity index is 1.61. The lowest BCUT2D eigenvalue weighted by Gasteiger charge is -2.13. The number of hydrogen-bond donors (Lipinski definition) is 2. The third kappa shape index (κ3) is 4.80. The monoisotopic (exact) mass is 361 g/mol. The van der Waals surface area contributed by atoms with Crippen LogP contribution in [0.25, 0.3) is 11.1 Å². The maximum atomic E-state index is 12.2. The first-order chi connectivity index (χ1) is 13.1. The van der Waals surface area contributed by atoms with E-state index >= 15 is 0 Å². The number of amides is 1. The van der Waals surface area contributed by atoms with E-state index in [1.54, 1.807) is 36.4 Å². The van der Waals surface area contributed by atoms with E-state index < -0.39 is 24.6 Å². The summed E-state index contributed by atoms with van der Waals surface area (Å²) < 4.78 is 4.94. The Morgan fingerprint density at radius 2 is 1.44 bits per heavy atom. The average molecular weight is 361 g/mol. The molecule has 0 saturated carbocycles. The van der Waals surface area contributed by atoms with E-state index in [0.29, 0.717) is 11.3 Å². The maximum absolute atomic E-state index is 12.2. The van der Waals surface area contributed by atoms with Crippen molar-refractivity contribution in [1.29, 1.82) is 0 Å². The first-order valence-corrected chi connectivity index (χ1v) is 8.49. The fourth-order valence-electron chi connectivity index (χ4n) is 2.63.